The van der Waals surface area contributed by atoms with E-state index in [-0.39, 0.29) is 0 Å². The number of hydrogen-bond acceptors (Lipinski definition) is 3. The van der Waals surface area contributed by atoms with Gasteiger partial charge in [0.1, 0.15) is 0 Å². The van der Waals surface area contributed by atoms with Gasteiger partial charge in [-0.15, -0.1) is 0 Å². The summed E-state index contributed by atoms with van der Waals surface area (Å²) in [6, 6.07) is 3.94. The lowest BCUT2D eigenvalue weighted by Gasteiger charge is -2.50. The third-order valence-corrected chi connectivity index (χ3v) is 10.6. The Bertz CT molecular complexity index is 527. The lowest BCUT2D eigenvalue weighted by Crippen LogP contribution is -2.52. The lowest BCUT2D eigenvalue weighted by molar-refractivity contribution is 0.00229. The molecule has 4 saturated carbocycles. The maximum absolute atomic E-state index is 2.63. The molecule has 10 unspecified atom stereocenters. The van der Waals surface area contributed by atoms with Crippen LogP contribution in [0, 0.1) is 41.4 Å². The van der Waals surface area contributed by atoms with Gasteiger partial charge in [0.25, 0.3) is 0 Å². The summed E-state index contributed by atoms with van der Waals surface area (Å²) in [4.78, 5) is 7.70. The van der Waals surface area contributed by atoms with E-state index in [9.17, 15) is 0 Å². The summed E-state index contributed by atoms with van der Waals surface area (Å²) >= 11 is 0. The SMILES string of the molecule is CC1C2CC2N(C)C2CC12.CC1CCN(C)C2CC12.CC1CCN(C)C2CCC12. The molecule has 4 aliphatic carbocycles. The van der Waals surface area contributed by atoms with Gasteiger partial charge in [-0.1, -0.05) is 20.8 Å². The number of likely N-dealkylation sites (tertiary alicyclic amines) is 3. The highest BCUT2D eigenvalue weighted by atomic mass is 15.2. The molecular weight excluding hydrogens is 354 g/mol. The Hall–Kier alpha value is -0.120. The van der Waals surface area contributed by atoms with Gasteiger partial charge >= 0.3 is 0 Å². The zero-order valence-electron chi connectivity index (χ0n) is 20.1. The lowest BCUT2D eigenvalue weighted by atomic mass is 9.68. The number of hydrogen-bond donors (Lipinski definition) is 0. The predicted molar refractivity (Wildman–Crippen MR) is 122 cm³/mol. The van der Waals surface area contributed by atoms with Crippen LogP contribution in [0.1, 0.15) is 65.7 Å². The Kier molecular flexibility index (Phi) is 5.57. The summed E-state index contributed by atoms with van der Waals surface area (Å²) in [6.07, 6.45) is 10.3. The monoisotopic (exact) mass is 401 g/mol. The summed E-state index contributed by atoms with van der Waals surface area (Å²) in [5.41, 5.74) is 0. The van der Waals surface area contributed by atoms with Gasteiger partial charge in [0, 0.05) is 24.2 Å². The molecule has 3 heterocycles. The number of fused-ring (bicyclic) bond motifs is 4. The molecule has 166 valence electrons. The van der Waals surface area contributed by atoms with Crippen LogP contribution in [0.25, 0.3) is 0 Å². The fraction of sp³-hybridized carbons (Fsp3) is 1.00. The zero-order valence-corrected chi connectivity index (χ0v) is 20.1. The Morgan fingerprint density at radius 1 is 0.517 bits per heavy atom. The van der Waals surface area contributed by atoms with E-state index in [1.54, 1.807) is 0 Å². The van der Waals surface area contributed by atoms with Gasteiger partial charge in [-0.25, -0.2) is 0 Å². The van der Waals surface area contributed by atoms with Gasteiger partial charge < -0.3 is 9.80 Å². The van der Waals surface area contributed by atoms with Crippen LogP contribution in [0.15, 0.2) is 0 Å². The number of rotatable bonds is 0. The first-order valence-corrected chi connectivity index (χ1v) is 13.0. The number of nitrogens with zero attached hydrogens (tertiary/aromatic N) is 3. The van der Waals surface area contributed by atoms with Gasteiger partial charge in [-0.2, -0.15) is 0 Å². The molecule has 3 aliphatic heterocycles. The molecule has 0 bridgehead atoms. The molecular formula is C26H47N3. The Labute approximate surface area is 180 Å². The summed E-state index contributed by atoms with van der Waals surface area (Å²) in [5, 5.41) is 0. The first-order valence-electron chi connectivity index (χ1n) is 13.0. The van der Waals surface area contributed by atoms with Crippen molar-refractivity contribution in [2.45, 2.75) is 89.9 Å². The topological polar surface area (TPSA) is 9.72 Å². The number of piperidine rings is 3. The minimum atomic E-state index is 0.962. The van der Waals surface area contributed by atoms with Crippen LogP contribution >= 0.6 is 0 Å². The maximum Gasteiger partial charge on any atom is 0.0130 e. The van der Waals surface area contributed by atoms with Gasteiger partial charge in [0.15, 0.2) is 0 Å². The van der Waals surface area contributed by atoms with E-state index in [1.807, 2.05) is 0 Å². The van der Waals surface area contributed by atoms with E-state index < -0.39 is 0 Å². The Morgan fingerprint density at radius 3 is 1.52 bits per heavy atom. The van der Waals surface area contributed by atoms with Gasteiger partial charge in [-0.05, 0) is 121 Å². The standard InChI is InChI=1S/C9H15N.C9H17N.C8H15N/c1-5-6-3-8(6)10(2)9-4-7(5)9;1-7-5-6-10(2)9-4-3-8(7)9;1-6-3-4-9(2)8-5-7(6)8/h5-9H,3-4H2,1-2H3;7-9H,3-6H2,1-2H3;6-8H,3-5H2,1-2H3. The highest BCUT2D eigenvalue weighted by Crippen LogP contribution is 2.59. The first kappa shape index (κ1) is 20.8. The molecule has 3 nitrogen and oxygen atoms in total. The average Bonchev–Trinajstić information content (AvgIpc) is 3.54. The van der Waals surface area contributed by atoms with Gasteiger partial charge in [0.05, 0.1) is 0 Å². The van der Waals surface area contributed by atoms with Crippen LogP contribution in [0.3, 0.4) is 0 Å². The normalized spacial score (nSPS) is 54.6. The molecule has 7 aliphatic rings. The van der Waals surface area contributed by atoms with Gasteiger partial charge in [-0.3, -0.25) is 4.90 Å². The summed E-state index contributed by atoms with van der Waals surface area (Å²) in [5.74, 6) is 7.40. The van der Waals surface area contributed by atoms with Crippen molar-refractivity contribution in [1.82, 2.24) is 14.7 Å². The quantitative estimate of drug-likeness (QED) is 0.594. The molecule has 10 atom stereocenters. The minimum Gasteiger partial charge on any atom is -0.303 e. The second kappa shape index (κ2) is 7.78. The maximum atomic E-state index is 2.63. The van der Waals surface area contributed by atoms with Crippen molar-refractivity contribution < 1.29 is 0 Å². The molecule has 0 aromatic carbocycles. The van der Waals surface area contributed by atoms with Crippen LogP contribution in [0.4, 0.5) is 0 Å². The molecule has 29 heavy (non-hydrogen) atoms. The van der Waals surface area contributed by atoms with Crippen molar-refractivity contribution in [1.29, 1.82) is 0 Å². The van der Waals surface area contributed by atoms with Crippen LogP contribution in [0.5, 0.6) is 0 Å². The molecule has 7 fully saturated rings. The summed E-state index contributed by atoms with van der Waals surface area (Å²) < 4.78 is 0. The minimum absolute atomic E-state index is 0.962. The van der Waals surface area contributed by atoms with E-state index in [2.05, 4.69) is 56.6 Å². The molecule has 0 spiro atoms. The second-order valence-electron chi connectivity index (χ2n) is 12.2. The Balaban J connectivity index is 0.0000000941. The molecule has 0 N–H and O–H groups in total. The molecule has 0 radical (unpaired) electrons. The molecule has 0 aromatic heterocycles. The van der Waals surface area contributed by atoms with Crippen molar-refractivity contribution in [3.63, 3.8) is 0 Å². The van der Waals surface area contributed by atoms with E-state index in [4.69, 9.17) is 0 Å². The molecule has 7 rings (SSSR count). The van der Waals surface area contributed by atoms with E-state index in [0.717, 1.165) is 65.6 Å². The van der Waals surface area contributed by atoms with Crippen molar-refractivity contribution in [2.24, 2.45) is 41.4 Å². The van der Waals surface area contributed by atoms with Crippen LogP contribution < -0.4 is 0 Å². The van der Waals surface area contributed by atoms with E-state index in [0.29, 0.717) is 0 Å². The summed E-state index contributed by atoms with van der Waals surface area (Å²) in [6.45, 7) is 9.95. The second-order valence-corrected chi connectivity index (χ2v) is 12.2. The molecule has 3 heteroatoms. The fourth-order valence-electron chi connectivity index (χ4n) is 7.64. The van der Waals surface area contributed by atoms with E-state index in [1.165, 1.54) is 58.0 Å². The van der Waals surface area contributed by atoms with Crippen molar-refractivity contribution in [3.8, 4) is 0 Å². The van der Waals surface area contributed by atoms with Crippen molar-refractivity contribution in [3.05, 3.63) is 0 Å². The van der Waals surface area contributed by atoms with Crippen molar-refractivity contribution in [2.75, 3.05) is 34.2 Å². The average molecular weight is 402 g/mol. The zero-order chi connectivity index (χ0) is 20.4. The van der Waals surface area contributed by atoms with Gasteiger partial charge in [0.2, 0.25) is 0 Å². The largest absolute Gasteiger partial charge is 0.303 e. The van der Waals surface area contributed by atoms with Crippen LogP contribution in [-0.2, 0) is 0 Å². The highest BCUT2D eigenvalue weighted by molar-refractivity contribution is 5.13. The molecule has 3 saturated heterocycles. The van der Waals surface area contributed by atoms with Crippen LogP contribution in [-0.4, -0.2) is 73.1 Å². The smallest absolute Gasteiger partial charge is 0.0130 e. The third kappa shape index (κ3) is 3.94. The highest BCUT2D eigenvalue weighted by Gasteiger charge is 2.60. The van der Waals surface area contributed by atoms with Crippen LogP contribution in [0.2, 0.25) is 0 Å². The summed E-state index contributed by atoms with van der Waals surface area (Å²) in [7, 11) is 6.86. The predicted octanol–water partition coefficient (Wildman–Crippen LogP) is 4.43. The molecule has 0 aromatic rings. The Morgan fingerprint density at radius 2 is 1.03 bits per heavy atom. The molecule has 0 amide bonds. The first-order chi connectivity index (χ1) is 13.9. The third-order valence-electron chi connectivity index (χ3n) is 10.6. The fourth-order valence-corrected chi connectivity index (χ4v) is 7.64. The van der Waals surface area contributed by atoms with E-state index >= 15 is 0 Å². The van der Waals surface area contributed by atoms with Crippen molar-refractivity contribution >= 4 is 0 Å².